The number of piperidine rings is 1. The fourth-order valence-corrected chi connectivity index (χ4v) is 3.21. The molecular formula is C17H25NO2. The summed E-state index contributed by atoms with van der Waals surface area (Å²) < 4.78 is 11.5. The third-order valence-electron chi connectivity index (χ3n) is 4.46. The molecule has 0 radical (unpaired) electrons. The molecule has 20 heavy (non-hydrogen) atoms. The van der Waals surface area contributed by atoms with Crippen LogP contribution in [-0.2, 0) is 15.9 Å². The molecule has 2 aliphatic rings. The Morgan fingerprint density at radius 1 is 0.950 bits per heavy atom. The van der Waals surface area contributed by atoms with Crippen LogP contribution in [0.2, 0.25) is 0 Å². The minimum absolute atomic E-state index is 0.222. The van der Waals surface area contributed by atoms with Gasteiger partial charge in [-0.3, -0.25) is 0 Å². The molecule has 0 atom stereocenters. The molecule has 110 valence electrons. The molecule has 1 aromatic rings. The predicted octanol–water partition coefficient (Wildman–Crippen LogP) is 2.85. The minimum atomic E-state index is -0.222. The summed E-state index contributed by atoms with van der Waals surface area (Å²) in [5.74, 6) is -0.222. The summed E-state index contributed by atoms with van der Waals surface area (Å²) in [7, 11) is 0. The van der Waals surface area contributed by atoms with Gasteiger partial charge in [0, 0.05) is 25.9 Å². The Hall–Kier alpha value is -0.900. The molecule has 0 N–H and O–H groups in total. The van der Waals surface area contributed by atoms with E-state index in [1.165, 1.54) is 31.4 Å². The van der Waals surface area contributed by atoms with Gasteiger partial charge in [0.2, 0.25) is 0 Å². The van der Waals surface area contributed by atoms with Crippen LogP contribution < -0.4 is 0 Å². The van der Waals surface area contributed by atoms with Gasteiger partial charge in [0.1, 0.15) is 0 Å². The summed E-state index contributed by atoms with van der Waals surface area (Å²) in [6.45, 7) is 4.99. The summed E-state index contributed by atoms with van der Waals surface area (Å²) in [6.07, 6.45) is 5.82. The van der Waals surface area contributed by atoms with Gasteiger partial charge >= 0.3 is 0 Å². The van der Waals surface area contributed by atoms with Crippen LogP contribution in [0.1, 0.15) is 31.2 Å². The molecule has 0 saturated carbocycles. The Morgan fingerprint density at radius 2 is 1.65 bits per heavy atom. The fourth-order valence-electron chi connectivity index (χ4n) is 3.21. The normalized spacial score (nSPS) is 22.4. The van der Waals surface area contributed by atoms with Gasteiger partial charge in [0.15, 0.2) is 5.79 Å². The van der Waals surface area contributed by atoms with Crippen molar-refractivity contribution in [1.82, 2.24) is 4.90 Å². The highest BCUT2D eigenvalue weighted by Crippen LogP contribution is 2.31. The number of hydrogen-bond acceptors (Lipinski definition) is 3. The van der Waals surface area contributed by atoms with E-state index in [1.807, 2.05) is 0 Å². The molecule has 3 heteroatoms. The fraction of sp³-hybridized carbons (Fsp3) is 0.647. The van der Waals surface area contributed by atoms with Gasteiger partial charge < -0.3 is 14.4 Å². The maximum atomic E-state index is 5.76. The van der Waals surface area contributed by atoms with Gasteiger partial charge in [-0.05, 0) is 31.4 Å². The summed E-state index contributed by atoms with van der Waals surface area (Å²) >= 11 is 0. The van der Waals surface area contributed by atoms with Crippen molar-refractivity contribution in [3.8, 4) is 0 Å². The van der Waals surface area contributed by atoms with Crippen molar-refractivity contribution in [3.05, 3.63) is 35.9 Å². The van der Waals surface area contributed by atoms with Crippen molar-refractivity contribution in [2.24, 2.45) is 0 Å². The van der Waals surface area contributed by atoms with Gasteiger partial charge in [-0.25, -0.2) is 0 Å². The van der Waals surface area contributed by atoms with Crippen LogP contribution in [0.25, 0.3) is 0 Å². The number of rotatable bonds is 5. The van der Waals surface area contributed by atoms with Crippen LogP contribution in [-0.4, -0.2) is 43.5 Å². The first-order valence-electron chi connectivity index (χ1n) is 7.91. The number of unbranched alkanes of at least 4 members (excludes halogenated alkanes) is 1. The Kier molecular flexibility index (Phi) is 4.71. The second-order valence-electron chi connectivity index (χ2n) is 5.89. The van der Waals surface area contributed by atoms with E-state index < -0.39 is 0 Å². The summed E-state index contributed by atoms with van der Waals surface area (Å²) in [4.78, 5) is 2.56. The van der Waals surface area contributed by atoms with Crippen molar-refractivity contribution >= 4 is 0 Å². The number of hydrogen-bond donors (Lipinski definition) is 0. The quantitative estimate of drug-likeness (QED) is 0.771. The SMILES string of the molecule is c1ccc(CCCCN2CCC3(CC2)OCCO3)cc1. The van der Waals surface area contributed by atoms with Gasteiger partial charge in [0.25, 0.3) is 0 Å². The highest BCUT2D eigenvalue weighted by atomic mass is 16.7. The molecule has 1 spiro atoms. The molecule has 0 aromatic heterocycles. The maximum absolute atomic E-state index is 5.76. The third kappa shape index (κ3) is 3.60. The number of ether oxygens (including phenoxy) is 2. The minimum Gasteiger partial charge on any atom is -0.347 e. The Bertz CT molecular complexity index is 391. The van der Waals surface area contributed by atoms with Crippen molar-refractivity contribution in [3.63, 3.8) is 0 Å². The Morgan fingerprint density at radius 3 is 2.35 bits per heavy atom. The topological polar surface area (TPSA) is 21.7 Å². The van der Waals surface area contributed by atoms with E-state index in [0.717, 1.165) is 39.1 Å². The van der Waals surface area contributed by atoms with Gasteiger partial charge in [0.05, 0.1) is 13.2 Å². The maximum Gasteiger partial charge on any atom is 0.170 e. The van der Waals surface area contributed by atoms with Crippen LogP contribution >= 0.6 is 0 Å². The predicted molar refractivity (Wildman–Crippen MR) is 79.7 cm³/mol. The number of aryl methyl sites for hydroxylation is 1. The second kappa shape index (κ2) is 6.70. The summed E-state index contributed by atoms with van der Waals surface area (Å²) in [5, 5.41) is 0. The highest BCUT2D eigenvalue weighted by molar-refractivity contribution is 5.14. The first-order chi connectivity index (χ1) is 9.86. The average molecular weight is 275 g/mol. The lowest BCUT2D eigenvalue weighted by Gasteiger charge is -2.37. The molecule has 2 heterocycles. The van der Waals surface area contributed by atoms with Crippen LogP contribution in [0, 0.1) is 0 Å². The van der Waals surface area contributed by atoms with Crippen LogP contribution in [0.15, 0.2) is 30.3 Å². The van der Waals surface area contributed by atoms with Crippen LogP contribution in [0.5, 0.6) is 0 Å². The average Bonchev–Trinajstić information content (AvgIpc) is 2.95. The van der Waals surface area contributed by atoms with Gasteiger partial charge in [-0.2, -0.15) is 0 Å². The number of benzene rings is 1. The first-order valence-corrected chi connectivity index (χ1v) is 7.91. The lowest BCUT2D eigenvalue weighted by atomic mass is 10.0. The zero-order chi connectivity index (χ0) is 13.7. The highest BCUT2D eigenvalue weighted by Gasteiger charge is 2.39. The molecule has 1 aromatic carbocycles. The molecule has 2 saturated heterocycles. The molecule has 0 aliphatic carbocycles. The smallest absolute Gasteiger partial charge is 0.170 e. The Balaban J connectivity index is 1.32. The molecule has 0 bridgehead atoms. The number of nitrogens with zero attached hydrogens (tertiary/aromatic N) is 1. The first kappa shape index (κ1) is 14.1. The van der Waals surface area contributed by atoms with E-state index in [9.17, 15) is 0 Å². The van der Waals surface area contributed by atoms with E-state index >= 15 is 0 Å². The molecule has 2 fully saturated rings. The standard InChI is InChI=1S/C17H25NO2/c1-2-6-16(7-3-1)8-4-5-11-18-12-9-17(10-13-18)19-14-15-20-17/h1-3,6-7H,4-5,8-15H2. The molecule has 3 rings (SSSR count). The Labute approximate surface area is 121 Å². The lowest BCUT2D eigenvalue weighted by Crippen LogP contribution is -2.45. The van der Waals surface area contributed by atoms with Crippen LogP contribution in [0.4, 0.5) is 0 Å². The molecule has 0 amide bonds. The molecule has 2 aliphatic heterocycles. The monoisotopic (exact) mass is 275 g/mol. The second-order valence-corrected chi connectivity index (χ2v) is 5.89. The molecular weight excluding hydrogens is 250 g/mol. The van der Waals surface area contributed by atoms with E-state index in [-0.39, 0.29) is 5.79 Å². The summed E-state index contributed by atoms with van der Waals surface area (Å²) in [6, 6.07) is 10.8. The molecule has 0 unspecified atom stereocenters. The zero-order valence-electron chi connectivity index (χ0n) is 12.2. The largest absolute Gasteiger partial charge is 0.347 e. The van der Waals surface area contributed by atoms with Gasteiger partial charge in [-0.1, -0.05) is 30.3 Å². The summed E-state index contributed by atoms with van der Waals surface area (Å²) in [5.41, 5.74) is 1.46. The van der Waals surface area contributed by atoms with E-state index in [4.69, 9.17) is 9.47 Å². The van der Waals surface area contributed by atoms with E-state index in [1.54, 1.807) is 0 Å². The van der Waals surface area contributed by atoms with Crippen molar-refractivity contribution in [1.29, 1.82) is 0 Å². The van der Waals surface area contributed by atoms with Crippen molar-refractivity contribution in [2.75, 3.05) is 32.8 Å². The number of likely N-dealkylation sites (tertiary alicyclic amines) is 1. The molecule has 3 nitrogen and oxygen atoms in total. The van der Waals surface area contributed by atoms with Crippen molar-refractivity contribution in [2.45, 2.75) is 37.9 Å². The third-order valence-corrected chi connectivity index (χ3v) is 4.46. The van der Waals surface area contributed by atoms with Crippen molar-refractivity contribution < 1.29 is 9.47 Å². The van der Waals surface area contributed by atoms with E-state index in [2.05, 4.69) is 35.2 Å². The zero-order valence-corrected chi connectivity index (χ0v) is 12.2. The lowest BCUT2D eigenvalue weighted by molar-refractivity contribution is -0.185. The van der Waals surface area contributed by atoms with E-state index in [0.29, 0.717) is 0 Å². The van der Waals surface area contributed by atoms with Crippen LogP contribution in [0.3, 0.4) is 0 Å². The van der Waals surface area contributed by atoms with Gasteiger partial charge in [-0.15, -0.1) is 0 Å².